The van der Waals surface area contributed by atoms with Crippen molar-refractivity contribution in [2.24, 2.45) is 5.92 Å². The molecule has 0 aromatic carbocycles. The van der Waals surface area contributed by atoms with E-state index in [4.69, 9.17) is 0 Å². The minimum Gasteiger partial charge on any atom is -0.353 e. The van der Waals surface area contributed by atoms with Crippen molar-refractivity contribution in [2.45, 2.75) is 51.0 Å². The zero-order valence-corrected chi connectivity index (χ0v) is 11.0. The number of sulfone groups is 1. The van der Waals surface area contributed by atoms with Crippen molar-refractivity contribution in [3.63, 3.8) is 0 Å². The maximum Gasteiger partial charge on any atom is 0.224 e. The van der Waals surface area contributed by atoms with Crippen LogP contribution in [0.2, 0.25) is 0 Å². The molecule has 1 amide bonds. The fraction of sp³-hybridized carbons (Fsp3) is 0.917. The fourth-order valence-electron chi connectivity index (χ4n) is 2.80. The van der Waals surface area contributed by atoms with Crippen molar-refractivity contribution in [1.29, 1.82) is 0 Å². The van der Waals surface area contributed by atoms with Gasteiger partial charge in [-0.1, -0.05) is 19.3 Å². The Labute approximate surface area is 103 Å². The van der Waals surface area contributed by atoms with Crippen molar-refractivity contribution in [3.05, 3.63) is 0 Å². The van der Waals surface area contributed by atoms with Gasteiger partial charge >= 0.3 is 0 Å². The monoisotopic (exact) mass is 259 g/mol. The van der Waals surface area contributed by atoms with E-state index >= 15 is 0 Å². The molecule has 4 nitrogen and oxygen atoms in total. The van der Waals surface area contributed by atoms with Crippen LogP contribution in [-0.4, -0.2) is 31.9 Å². The third kappa shape index (κ3) is 3.69. The standard InChI is InChI=1S/C12H21NO3S/c14-12(13-11-6-2-1-3-7-11)10-5-4-8-17(15,16)9-10/h10-11H,1-9H2,(H,13,14). The van der Waals surface area contributed by atoms with Gasteiger partial charge in [0.2, 0.25) is 5.91 Å². The lowest BCUT2D eigenvalue weighted by Crippen LogP contribution is -2.43. The number of amides is 1. The molecule has 1 atom stereocenters. The summed E-state index contributed by atoms with van der Waals surface area (Å²) < 4.78 is 23.0. The second kappa shape index (κ2) is 5.38. The van der Waals surface area contributed by atoms with Crippen molar-refractivity contribution < 1.29 is 13.2 Å². The number of carbonyl (C=O) groups is 1. The van der Waals surface area contributed by atoms with Gasteiger partial charge in [0.25, 0.3) is 0 Å². The van der Waals surface area contributed by atoms with E-state index in [1.54, 1.807) is 0 Å². The summed E-state index contributed by atoms with van der Waals surface area (Å²) in [6.07, 6.45) is 7.05. The zero-order chi connectivity index (χ0) is 12.3. The first-order valence-electron chi connectivity index (χ1n) is 6.58. The molecule has 0 bridgehead atoms. The Bertz CT molecular complexity index is 371. The summed E-state index contributed by atoms with van der Waals surface area (Å²) in [7, 11) is -2.98. The van der Waals surface area contributed by atoms with E-state index in [2.05, 4.69) is 5.32 Å². The van der Waals surface area contributed by atoms with E-state index in [1.165, 1.54) is 19.3 Å². The molecule has 2 fully saturated rings. The van der Waals surface area contributed by atoms with Crippen molar-refractivity contribution >= 4 is 15.7 Å². The van der Waals surface area contributed by atoms with Crippen LogP contribution in [0.1, 0.15) is 44.9 Å². The summed E-state index contributed by atoms with van der Waals surface area (Å²) >= 11 is 0. The van der Waals surface area contributed by atoms with Crippen LogP contribution in [0.5, 0.6) is 0 Å². The molecule has 1 saturated carbocycles. The molecule has 0 aromatic heterocycles. The fourth-order valence-corrected chi connectivity index (χ4v) is 4.50. The highest BCUT2D eigenvalue weighted by atomic mass is 32.2. The van der Waals surface area contributed by atoms with Crippen LogP contribution in [0.15, 0.2) is 0 Å². The third-order valence-corrected chi connectivity index (χ3v) is 5.61. The Balaban J connectivity index is 1.86. The van der Waals surface area contributed by atoms with Gasteiger partial charge in [-0.2, -0.15) is 0 Å². The van der Waals surface area contributed by atoms with E-state index in [-0.39, 0.29) is 29.4 Å². The van der Waals surface area contributed by atoms with Crippen LogP contribution in [-0.2, 0) is 14.6 Å². The van der Waals surface area contributed by atoms with Crippen LogP contribution in [0.25, 0.3) is 0 Å². The summed E-state index contributed by atoms with van der Waals surface area (Å²) in [6, 6.07) is 0.279. The van der Waals surface area contributed by atoms with E-state index in [1.807, 2.05) is 0 Å². The minimum atomic E-state index is -2.98. The normalized spacial score (nSPS) is 29.8. The molecule has 17 heavy (non-hydrogen) atoms. The molecule has 2 aliphatic rings. The number of hydrogen-bond donors (Lipinski definition) is 1. The SMILES string of the molecule is O=C(NC1CCCCC1)C1CCCS(=O)(=O)C1. The molecule has 5 heteroatoms. The number of nitrogens with one attached hydrogen (secondary N) is 1. The summed E-state index contributed by atoms with van der Waals surface area (Å²) in [5, 5.41) is 3.02. The van der Waals surface area contributed by atoms with Gasteiger partial charge in [0.05, 0.1) is 17.4 Å². The van der Waals surface area contributed by atoms with Gasteiger partial charge in [-0.25, -0.2) is 8.42 Å². The Hall–Kier alpha value is -0.580. The molecular weight excluding hydrogens is 238 g/mol. The highest BCUT2D eigenvalue weighted by Crippen LogP contribution is 2.21. The second-order valence-corrected chi connectivity index (χ2v) is 7.53. The van der Waals surface area contributed by atoms with Crippen LogP contribution in [0.3, 0.4) is 0 Å². The van der Waals surface area contributed by atoms with Crippen LogP contribution >= 0.6 is 0 Å². The van der Waals surface area contributed by atoms with E-state index < -0.39 is 9.84 Å². The smallest absolute Gasteiger partial charge is 0.224 e. The number of rotatable bonds is 2. The highest BCUT2D eigenvalue weighted by molar-refractivity contribution is 7.91. The van der Waals surface area contributed by atoms with E-state index in [0.29, 0.717) is 6.42 Å². The summed E-state index contributed by atoms with van der Waals surface area (Å²) in [4.78, 5) is 12.0. The van der Waals surface area contributed by atoms with E-state index in [9.17, 15) is 13.2 Å². The van der Waals surface area contributed by atoms with E-state index in [0.717, 1.165) is 19.3 Å². The van der Waals surface area contributed by atoms with Gasteiger partial charge in [-0.15, -0.1) is 0 Å². The van der Waals surface area contributed by atoms with Crippen molar-refractivity contribution in [3.8, 4) is 0 Å². The zero-order valence-electron chi connectivity index (χ0n) is 10.2. The average molecular weight is 259 g/mol. The molecule has 1 aliphatic carbocycles. The van der Waals surface area contributed by atoms with Gasteiger partial charge in [-0.3, -0.25) is 4.79 Å². The lowest BCUT2D eigenvalue weighted by Gasteiger charge is -2.27. The van der Waals surface area contributed by atoms with Crippen molar-refractivity contribution in [2.75, 3.05) is 11.5 Å². The van der Waals surface area contributed by atoms with Gasteiger partial charge in [0, 0.05) is 6.04 Å². The quantitative estimate of drug-likeness (QED) is 0.812. The molecule has 1 aliphatic heterocycles. The predicted octanol–water partition coefficient (Wildman–Crippen LogP) is 1.26. The summed E-state index contributed by atoms with van der Waals surface area (Å²) in [6.45, 7) is 0. The topological polar surface area (TPSA) is 63.2 Å². The Morgan fingerprint density at radius 3 is 2.35 bits per heavy atom. The Kier molecular flexibility index (Phi) is 4.07. The lowest BCUT2D eigenvalue weighted by atomic mass is 9.94. The first-order chi connectivity index (χ1) is 8.07. The molecule has 0 spiro atoms. The summed E-state index contributed by atoms with van der Waals surface area (Å²) in [5.74, 6) is -0.0537. The molecule has 98 valence electrons. The van der Waals surface area contributed by atoms with Crippen LogP contribution in [0.4, 0.5) is 0 Å². The minimum absolute atomic E-state index is 0.0415. The molecule has 0 aromatic rings. The van der Waals surface area contributed by atoms with Crippen LogP contribution < -0.4 is 5.32 Å². The summed E-state index contributed by atoms with van der Waals surface area (Å²) in [5.41, 5.74) is 0. The van der Waals surface area contributed by atoms with Crippen molar-refractivity contribution in [1.82, 2.24) is 5.32 Å². The number of hydrogen-bond acceptors (Lipinski definition) is 3. The molecule has 1 N–H and O–H groups in total. The maximum atomic E-state index is 12.0. The van der Waals surface area contributed by atoms with Gasteiger partial charge in [0.1, 0.15) is 0 Å². The molecule has 1 saturated heterocycles. The molecule has 0 radical (unpaired) electrons. The van der Waals surface area contributed by atoms with Gasteiger partial charge in [-0.05, 0) is 25.7 Å². The maximum absolute atomic E-state index is 12.0. The van der Waals surface area contributed by atoms with Gasteiger partial charge < -0.3 is 5.32 Å². The predicted molar refractivity (Wildman–Crippen MR) is 66.4 cm³/mol. The molecule has 1 unspecified atom stereocenters. The Morgan fingerprint density at radius 2 is 1.71 bits per heavy atom. The second-order valence-electron chi connectivity index (χ2n) is 5.30. The third-order valence-electron chi connectivity index (χ3n) is 3.79. The van der Waals surface area contributed by atoms with Crippen LogP contribution in [0, 0.1) is 5.92 Å². The lowest BCUT2D eigenvalue weighted by molar-refractivity contribution is -0.125. The Morgan fingerprint density at radius 1 is 1.00 bits per heavy atom. The first-order valence-corrected chi connectivity index (χ1v) is 8.40. The molecule has 1 heterocycles. The largest absolute Gasteiger partial charge is 0.353 e. The number of carbonyl (C=O) groups excluding carboxylic acids is 1. The average Bonchev–Trinajstić information content (AvgIpc) is 2.29. The highest BCUT2D eigenvalue weighted by Gasteiger charge is 2.30. The first kappa shape index (κ1) is 12.9. The van der Waals surface area contributed by atoms with Gasteiger partial charge in [0.15, 0.2) is 9.84 Å². The molecule has 2 rings (SSSR count). The molecular formula is C12H21NO3S.